The van der Waals surface area contributed by atoms with Gasteiger partial charge in [-0.25, -0.2) is 26.8 Å². The van der Waals surface area contributed by atoms with Gasteiger partial charge in [0.25, 0.3) is 9.05 Å². The van der Waals surface area contributed by atoms with E-state index in [0.717, 1.165) is 76.6 Å². The summed E-state index contributed by atoms with van der Waals surface area (Å²) in [7, 11) is -2.25. The van der Waals surface area contributed by atoms with Gasteiger partial charge in [0, 0.05) is 35.6 Å². The maximum Gasteiger partial charge on any atom is 0.573 e. The first kappa shape index (κ1) is 53.7. The summed E-state index contributed by atoms with van der Waals surface area (Å²) in [5, 5.41) is 3.57. The monoisotopic (exact) mass is 1000 g/mol. The molecule has 0 radical (unpaired) electrons. The number of aromatic amines is 2. The molecule has 0 amide bonds. The van der Waals surface area contributed by atoms with Crippen LogP contribution < -0.4 is 10.1 Å². The Morgan fingerprint density at radius 3 is 1.52 bits per heavy atom. The summed E-state index contributed by atoms with van der Waals surface area (Å²) >= 11 is 9.53. The number of para-hydroxylation sites is 4. The van der Waals surface area contributed by atoms with Crippen molar-refractivity contribution in [3.63, 3.8) is 0 Å². The standard InChI is InChI=1S/C19H18F3N3O3S.C12H15N3.C7H7ClO2S.C6H15N.CH2Cl2/c20-19(21,22)28-14-5-7-15(8-6-14)29(26,27)25-11-9-13(10-12-25)18-23-16-3-1-2-4-17(16)24-18;1-2-4-11-10(3-1)14-12(15-11)9-5-7-13-8-6-9;1-6-2-4-7(5-3-6)11(8,9)10;1-4-7(5-2)6-3;2-1-3/h1-8,13H,9-12H2,(H,23,24);1-4,9,13H,5-8H2,(H,14,15);2-5H,1H3;4-6H2,1-3H3;1H2. The molecule has 8 rings (SSSR count). The molecule has 0 spiro atoms. The highest BCUT2D eigenvalue weighted by atomic mass is 35.7. The van der Waals surface area contributed by atoms with Gasteiger partial charge in [-0.3, -0.25) is 0 Å². The Labute approximate surface area is 394 Å². The molecule has 0 bridgehead atoms. The molecule has 65 heavy (non-hydrogen) atoms. The van der Waals surface area contributed by atoms with E-state index in [2.05, 4.69) is 67.8 Å². The van der Waals surface area contributed by atoms with Gasteiger partial charge in [0.15, 0.2) is 0 Å². The third-order valence-corrected chi connectivity index (χ3v) is 14.0. The van der Waals surface area contributed by atoms with Crippen molar-refractivity contribution in [1.29, 1.82) is 0 Å². The molecule has 0 unspecified atom stereocenters. The first-order valence-electron chi connectivity index (χ1n) is 21.2. The highest BCUT2D eigenvalue weighted by molar-refractivity contribution is 8.13. The van der Waals surface area contributed by atoms with Gasteiger partial charge in [-0.1, -0.05) is 62.7 Å². The lowest BCUT2D eigenvalue weighted by Crippen LogP contribution is -2.38. The molecular formula is C45H57Cl3F3N7O5S2. The summed E-state index contributed by atoms with van der Waals surface area (Å²) in [6, 6.07) is 26.6. The van der Waals surface area contributed by atoms with Crippen molar-refractivity contribution in [2.24, 2.45) is 0 Å². The molecule has 2 aliphatic heterocycles. The lowest BCUT2D eigenvalue weighted by molar-refractivity contribution is -0.274. The Hall–Kier alpha value is -3.94. The SMILES string of the molecule is CCN(CC)CC.Cc1ccc(S(=O)(=O)Cl)cc1.ClCCl.O=S(=O)(c1ccc(OC(F)(F)F)cc1)N1CCC(c2nc3ccccc3[nH]2)CC1.c1ccc2[nH]c(C3CCNCC3)nc2c1. The number of alkyl halides is 5. The summed E-state index contributed by atoms with van der Waals surface area (Å²) in [6.07, 6.45) is -1.22. The summed E-state index contributed by atoms with van der Waals surface area (Å²) in [6.45, 7) is 14.9. The van der Waals surface area contributed by atoms with Crippen LogP contribution in [0.5, 0.6) is 5.75 Å². The molecule has 0 atom stereocenters. The van der Waals surface area contributed by atoms with E-state index in [1.165, 1.54) is 48.9 Å². The van der Waals surface area contributed by atoms with E-state index in [-0.39, 0.29) is 21.0 Å². The number of hydrogen-bond acceptors (Lipinski definition) is 9. The number of imidazole rings is 2. The second-order valence-electron chi connectivity index (χ2n) is 15.0. The zero-order valence-corrected chi connectivity index (χ0v) is 40.7. The zero-order valence-electron chi connectivity index (χ0n) is 36.8. The Morgan fingerprint density at radius 2 is 1.12 bits per heavy atom. The van der Waals surface area contributed by atoms with Crippen molar-refractivity contribution in [3.05, 3.63) is 114 Å². The van der Waals surface area contributed by atoms with Gasteiger partial charge in [0.1, 0.15) is 17.4 Å². The second kappa shape index (κ2) is 25.8. The Balaban J connectivity index is 0.000000213. The van der Waals surface area contributed by atoms with Crippen molar-refractivity contribution in [3.8, 4) is 5.75 Å². The molecule has 2 saturated heterocycles. The maximum absolute atomic E-state index is 12.8. The number of hydrogen-bond donors (Lipinski definition) is 3. The maximum atomic E-state index is 12.8. The number of rotatable bonds is 9. The number of aryl methyl sites for hydroxylation is 1. The number of halogens is 6. The van der Waals surface area contributed by atoms with Crippen LogP contribution in [-0.4, -0.2) is 103 Å². The largest absolute Gasteiger partial charge is 0.573 e. The minimum Gasteiger partial charge on any atom is -0.406 e. The number of aromatic nitrogens is 4. The van der Waals surface area contributed by atoms with Crippen molar-refractivity contribution in [1.82, 2.24) is 34.5 Å². The molecule has 2 aliphatic rings. The van der Waals surface area contributed by atoms with Crippen molar-refractivity contribution >= 4 is 75.0 Å². The van der Waals surface area contributed by atoms with E-state index >= 15 is 0 Å². The Kier molecular flexibility index (Phi) is 21.3. The van der Waals surface area contributed by atoms with Crippen LogP contribution in [0.4, 0.5) is 13.2 Å². The van der Waals surface area contributed by atoms with E-state index in [0.29, 0.717) is 31.8 Å². The fraction of sp³-hybridized carbons (Fsp3) is 0.422. The van der Waals surface area contributed by atoms with Gasteiger partial charge in [-0.15, -0.1) is 36.4 Å². The second-order valence-corrected chi connectivity index (χ2v) is 20.3. The normalized spacial score (nSPS) is 15.1. The van der Waals surface area contributed by atoms with Gasteiger partial charge >= 0.3 is 6.36 Å². The molecule has 2 aromatic heterocycles. The minimum absolute atomic E-state index is 0.0609. The van der Waals surface area contributed by atoms with Crippen molar-refractivity contribution < 1.29 is 34.7 Å². The summed E-state index contributed by atoms with van der Waals surface area (Å²) in [4.78, 5) is 18.4. The fourth-order valence-electron chi connectivity index (χ4n) is 7.13. The average molecular weight is 1000 g/mol. The molecule has 4 aromatic carbocycles. The van der Waals surface area contributed by atoms with Crippen molar-refractivity contribution in [2.75, 3.05) is 51.2 Å². The van der Waals surface area contributed by atoms with Crippen LogP contribution in [0.2, 0.25) is 0 Å². The van der Waals surface area contributed by atoms with Gasteiger partial charge in [-0.2, -0.15) is 4.31 Å². The molecule has 20 heteroatoms. The number of nitrogens with one attached hydrogen (secondary N) is 3. The molecule has 12 nitrogen and oxygen atoms in total. The summed E-state index contributed by atoms with van der Waals surface area (Å²) < 4.78 is 88.9. The number of fused-ring (bicyclic) bond motifs is 2. The number of benzene rings is 4. The first-order chi connectivity index (χ1) is 30.9. The third kappa shape index (κ3) is 17.0. The van der Waals surface area contributed by atoms with E-state index in [1.807, 2.05) is 43.3 Å². The first-order valence-corrected chi connectivity index (χ1v) is 26.1. The van der Waals surface area contributed by atoms with Crippen LogP contribution in [-0.2, 0) is 19.1 Å². The molecule has 6 aromatic rings. The number of piperidine rings is 2. The number of ether oxygens (including phenoxy) is 1. The fourth-order valence-corrected chi connectivity index (χ4v) is 9.37. The van der Waals surface area contributed by atoms with E-state index in [4.69, 9.17) is 33.9 Å². The van der Waals surface area contributed by atoms with Crippen LogP contribution in [0.25, 0.3) is 22.1 Å². The van der Waals surface area contributed by atoms with Crippen LogP contribution in [0.1, 0.15) is 75.5 Å². The lowest BCUT2D eigenvalue weighted by Gasteiger charge is -2.30. The lowest BCUT2D eigenvalue weighted by atomic mass is 9.97. The number of H-pyrrole nitrogens is 2. The molecule has 3 N–H and O–H groups in total. The quantitative estimate of drug-likeness (QED) is 0.0949. The summed E-state index contributed by atoms with van der Waals surface area (Å²) in [5.74, 6) is 2.28. The van der Waals surface area contributed by atoms with Crippen LogP contribution >= 0.6 is 33.9 Å². The van der Waals surface area contributed by atoms with Crippen LogP contribution in [0.15, 0.2) is 107 Å². The van der Waals surface area contributed by atoms with Gasteiger partial charge in [0.2, 0.25) is 10.0 Å². The zero-order chi connectivity index (χ0) is 47.6. The molecule has 4 heterocycles. The Morgan fingerprint density at radius 1 is 0.692 bits per heavy atom. The van der Waals surface area contributed by atoms with Gasteiger partial charge in [0.05, 0.1) is 37.2 Å². The van der Waals surface area contributed by atoms with E-state index in [9.17, 15) is 30.0 Å². The molecule has 0 aliphatic carbocycles. The molecule has 0 saturated carbocycles. The topological polar surface area (TPSA) is 153 Å². The Bertz CT molecular complexity index is 2470. The number of nitrogens with zero attached hydrogens (tertiary/aromatic N) is 4. The predicted molar refractivity (Wildman–Crippen MR) is 255 cm³/mol. The average Bonchev–Trinajstić information content (AvgIpc) is 3.93. The molecule has 356 valence electrons. The minimum atomic E-state index is -4.82. The highest BCUT2D eigenvalue weighted by Crippen LogP contribution is 2.32. The van der Waals surface area contributed by atoms with Crippen molar-refractivity contribution in [2.45, 2.75) is 81.4 Å². The van der Waals surface area contributed by atoms with Crippen LogP contribution in [0.3, 0.4) is 0 Å². The summed E-state index contributed by atoms with van der Waals surface area (Å²) in [5.41, 5.74) is 5.07. The third-order valence-electron chi connectivity index (χ3n) is 10.7. The van der Waals surface area contributed by atoms with Gasteiger partial charge < -0.3 is 24.9 Å². The van der Waals surface area contributed by atoms with Crippen LogP contribution in [0, 0.1) is 6.92 Å². The predicted octanol–water partition coefficient (Wildman–Crippen LogP) is 10.8. The highest BCUT2D eigenvalue weighted by Gasteiger charge is 2.33. The van der Waals surface area contributed by atoms with E-state index in [1.54, 1.807) is 12.1 Å². The van der Waals surface area contributed by atoms with Gasteiger partial charge in [-0.05, 0) is 126 Å². The molecular weight excluding hydrogens is 946 g/mol. The molecule has 2 fully saturated rings. The van der Waals surface area contributed by atoms with E-state index < -0.39 is 31.2 Å². The smallest absolute Gasteiger partial charge is 0.406 e. The number of sulfonamides is 1.